The molecule has 0 fully saturated rings. The van der Waals surface area contributed by atoms with Gasteiger partial charge in [0.2, 0.25) is 0 Å². The Hall–Kier alpha value is -1.94. The van der Waals surface area contributed by atoms with Crippen molar-refractivity contribution in [3.63, 3.8) is 0 Å². The average molecular weight is 245 g/mol. The standard InChI is InChI=1S/C13H11NO2S/c1-9-2-3-11(13(15)16)8-10(9)4-5-12-14-6-7-17-12/h2-8H,1H3,(H,15,16)/b5-4+. The van der Waals surface area contributed by atoms with Gasteiger partial charge < -0.3 is 5.11 Å². The Morgan fingerprint density at radius 2 is 2.24 bits per heavy atom. The lowest BCUT2D eigenvalue weighted by Gasteiger charge is -2.01. The lowest BCUT2D eigenvalue weighted by atomic mass is 10.0. The minimum atomic E-state index is -0.908. The molecule has 17 heavy (non-hydrogen) atoms. The lowest BCUT2D eigenvalue weighted by Crippen LogP contribution is -1.96. The zero-order chi connectivity index (χ0) is 12.3. The summed E-state index contributed by atoms with van der Waals surface area (Å²) in [5.74, 6) is -0.908. The Labute approximate surface area is 103 Å². The van der Waals surface area contributed by atoms with Crippen LogP contribution in [0.15, 0.2) is 29.8 Å². The van der Waals surface area contributed by atoms with Crippen LogP contribution in [0.4, 0.5) is 0 Å². The van der Waals surface area contributed by atoms with Gasteiger partial charge in [-0.1, -0.05) is 12.1 Å². The number of rotatable bonds is 3. The summed E-state index contributed by atoms with van der Waals surface area (Å²) < 4.78 is 0. The topological polar surface area (TPSA) is 50.2 Å². The van der Waals surface area contributed by atoms with Crippen molar-refractivity contribution in [2.45, 2.75) is 6.92 Å². The van der Waals surface area contributed by atoms with Gasteiger partial charge in [-0.15, -0.1) is 11.3 Å². The molecule has 0 aliphatic carbocycles. The molecule has 1 aromatic carbocycles. The van der Waals surface area contributed by atoms with Crippen LogP contribution >= 0.6 is 11.3 Å². The van der Waals surface area contributed by atoms with Gasteiger partial charge in [-0.2, -0.15) is 0 Å². The number of aromatic nitrogens is 1. The summed E-state index contributed by atoms with van der Waals surface area (Å²) in [6, 6.07) is 5.09. The van der Waals surface area contributed by atoms with E-state index >= 15 is 0 Å². The maximum atomic E-state index is 10.9. The van der Waals surface area contributed by atoms with Gasteiger partial charge >= 0.3 is 5.97 Å². The molecule has 0 spiro atoms. The van der Waals surface area contributed by atoms with Crippen LogP contribution in [0.1, 0.15) is 26.5 Å². The molecule has 1 N–H and O–H groups in total. The third-order valence-electron chi connectivity index (χ3n) is 2.38. The van der Waals surface area contributed by atoms with Crippen LogP contribution < -0.4 is 0 Å². The van der Waals surface area contributed by atoms with Crippen LogP contribution in [0.3, 0.4) is 0 Å². The Balaban J connectivity index is 2.31. The molecule has 0 bridgehead atoms. The number of nitrogens with zero attached hydrogens (tertiary/aromatic N) is 1. The highest BCUT2D eigenvalue weighted by atomic mass is 32.1. The number of carboxylic acids is 1. The summed E-state index contributed by atoms with van der Waals surface area (Å²) in [6.07, 6.45) is 5.52. The smallest absolute Gasteiger partial charge is 0.335 e. The molecule has 0 radical (unpaired) electrons. The minimum Gasteiger partial charge on any atom is -0.478 e. The average Bonchev–Trinajstić information content (AvgIpc) is 2.80. The molecule has 2 rings (SSSR count). The minimum absolute atomic E-state index is 0.300. The molecule has 4 heteroatoms. The van der Waals surface area contributed by atoms with Gasteiger partial charge in [0, 0.05) is 11.6 Å². The number of hydrogen-bond donors (Lipinski definition) is 1. The third-order valence-corrected chi connectivity index (χ3v) is 3.12. The molecule has 1 aromatic heterocycles. The molecule has 0 aliphatic heterocycles. The van der Waals surface area contributed by atoms with Crippen LogP contribution in [0.25, 0.3) is 12.2 Å². The molecule has 0 saturated carbocycles. The van der Waals surface area contributed by atoms with Crippen molar-refractivity contribution in [3.8, 4) is 0 Å². The van der Waals surface area contributed by atoms with E-state index in [1.807, 2.05) is 30.5 Å². The molecule has 0 unspecified atom stereocenters. The van der Waals surface area contributed by atoms with Gasteiger partial charge in [0.15, 0.2) is 0 Å². The van der Waals surface area contributed by atoms with Crippen molar-refractivity contribution in [1.29, 1.82) is 0 Å². The fourth-order valence-corrected chi connectivity index (χ4v) is 1.96. The van der Waals surface area contributed by atoms with E-state index in [0.29, 0.717) is 5.56 Å². The molecule has 0 amide bonds. The van der Waals surface area contributed by atoms with E-state index in [1.165, 1.54) is 0 Å². The second-order valence-electron chi connectivity index (χ2n) is 3.58. The number of aryl methyl sites for hydroxylation is 1. The first-order valence-corrected chi connectivity index (χ1v) is 5.96. The molecular formula is C13H11NO2S. The molecule has 0 aliphatic rings. The zero-order valence-corrected chi connectivity index (χ0v) is 10.1. The van der Waals surface area contributed by atoms with Crippen LogP contribution in [0.5, 0.6) is 0 Å². The fraction of sp³-hybridized carbons (Fsp3) is 0.0769. The molecule has 0 atom stereocenters. The monoisotopic (exact) mass is 245 g/mol. The van der Waals surface area contributed by atoms with Crippen molar-refractivity contribution < 1.29 is 9.90 Å². The summed E-state index contributed by atoms with van der Waals surface area (Å²) in [5, 5.41) is 11.7. The first kappa shape index (κ1) is 11.5. The highest BCUT2D eigenvalue weighted by Gasteiger charge is 2.04. The van der Waals surface area contributed by atoms with Gasteiger partial charge in [0.05, 0.1) is 5.56 Å². The molecule has 3 nitrogen and oxygen atoms in total. The van der Waals surface area contributed by atoms with E-state index < -0.39 is 5.97 Å². The normalized spacial score (nSPS) is 10.9. The van der Waals surface area contributed by atoms with Crippen molar-refractivity contribution in [2.75, 3.05) is 0 Å². The maximum absolute atomic E-state index is 10.9. The van der Waals surface area contributed by atoms with E-state index in [4.69, 9.17) is 5.11 Å². The van der Waals surface area contributed by atoms with Crippen LogP contribution in [-0.4, -0.2) is 16.1 Å². The highest BCUT2D eigenvalue weighted by Crippen LogP contribution is 2.16. The van der Waals surface area contributed by atoms with E-state index in [2.05, 4.69) is 4.98 Å². The predicted octanol–water partition coefficient (Wildman–Crippen LogP) is 3.32. The number of aromatic carboxylic acids is 1. The number of benzene rings is 1. The van der Waals surface area contributed by atoms with Crippen molar-refractivity contribution >= 4 is 29.5 Å². The Morgan fingerprint density at radius 1 is 1.41 bits per heavy atom. The van der Waals surface area contributed by atoms with E-state index in [0.717, 1.165) is 16.1 Å². The first-order valence-electron chi connectivity index (χ1n) is 5.08. The van der Waals surface area contributed by atoms with Crippen molar-refractivity contribution in [1.82, 2.24) is 4.98 Å². The Kier molecular flexibility index (Phi) is 3.35. The first-order chi connectivity index (χ1) is 8.16. The quantitative estimate of drug-likeness (QED) is 0.902. The van der Waals surface area contributed by atoms with Gasteiger partial charge in [-0.25, -0.2) is 9.78 Å². The third kappa shape index (κ3) is 2.79. The maximum Gasteiger partial charge on any atom is 0.335 e. The molecule has 86 valence electrons. The predicted molar refractivity (Wildman–Crippen MR) is 69.2 cm³/mol. The Bertz CT molecular complexity index is 559. The highest BCUT2D eigenvalue weighted by molar-refractivity contribution is 7.10. The second kappa shape index (κ2) is 4.93. The lowest BCUT2D eigenvalue weighted by molar-refractivity contribution is 0.0697. The van der Waals surface area contributed by atoms with E-state index in [1.54, 1.807) is 29.7 Å². The Morgan fingerprint density at radius 3 is 2.88 bits per heavy atom. The van der Waals surface area contributed by atoms with Gasteiger partial charge in [0.1, 0.15) is 5.01 Å². The van der Waals surface area contributed by atoms with Gasteiger partial charge in [0.25, 0.3) is 0 Å². The molecule has 0 saturated heterocycles. The van der Waals surface area contributed by atoms with E-state index in [9.17, 15) is 4.79 Å². The SMILES string of the molecule is Cc1ccc(C(=O)O)cc1/C=C/c1nccs1. The van der Waals surface area contributed by atoms with Crippen LogP contribution in [-0.2, 0) is 0 Å². The fourth-order valence-electron chi connectivity index (χ4n) is 1.43. The van der Waals surface area contributed by atoms with Gasteiger partial charge in [-0.05, 0) is 36.3 Å². The summed E-state index contributed by atoms with van der Waals surface area (Å²) in [6.45, 7) is 1.95. The molecule has 1 heterocycles. The zero-order valence-electron chi connectivity index (χ0n) is 9.25. The van der Waals surface area contributed by atoms with Crippen molar-refractivity contribution in [2.24, 2.45) is 0 Å². The molecule has 2 aromatic rings. The van der Waals surface area contributed by atoms with Gasteiger partial charge in [-0.3, -0.25) is 0 Å². The van der Waals surface area contributed by atoms with Crippen LogP contribution in [0.2, 0.25) is 0 Å². The number of hydrogen-bond acceptors (Lipinski definition) is 3. The number of carboxylic acid groups (broad SMARTS) is 1. The van der Waals surface area contributed by atoms with Crippen LogP contribution in [0, 0.1) is 6.92 Å². The van der Waals surface area contributed by atoms with Crippen molar-refractivity contribution in [3.05, 3.63) is 51.5 Å². The summed E-state index contributed by atoms with van der Waals surface area (Å²) in [4.78, 5) is 15.0. The summed E-state index contributed by atoms with van der Waals surface area (Å²) >= 11 is 1.54. The second-order valence-corrected chi connectivity index (χ2v) is 4.51. The largest absolute Gasteiger partial charge is 0.478 e. The number of carbonyl (C=O) groups is 1. The summed E-state index contributed by atoms with van der Waals surface area (Å²) in [5.41, 5.74) is 2.25. The van der Waals surface area contributed by atoms with E-state index in [-0.39, 0.29) is 0 Å². The molecular weight excluding hydrogens is 234 g/mol. The number of thiazole rings is 1. The summed E-state index contributed by atoms with van der Waals surface area (Å²) in [7, 11) is 0.